The minimum Gasteiger partial charge on any atom is -0.468 e. The van der Waals surface area contributed by atoms with Crippen molar-refractivity contribution in [2.45, 2.75) is 89.4 Å². The van der Waals surface area contributed by atoms with Crippen LogP contribution >= 0.6 is 0 Å². The summed E-state index contributed by atoms with van der Waals surface area (Å²) >= 11 is 0. The lowest BCUT2D eigenvalue weighted by atomic mass is 9.93. The molecular weight excluding hydrogens is 592 g/mol. The number of benzene rings is 1. The first-order valence-corrected chi connectivity index (χ1v) is 16.3. The van der Waals surface area contributed by atoms with Crippen molar-refractivity contribution in [1.29, 1.82) is 0 Å². The third-order valence-corrected chi connectivity index (χ3v) is 9.11. The number of hydrogen-bond donors (Lipinski definition) is 4. The van der Waals surface area contributed by atoms with Crippen LogP contribution in [0.1, 0.15) is 64.4 Å². The summed E-state index contributed by atoms with van der Waals surface area (Å²) in [7, 11) is 2.87. The Morgan fingerprint density at radius 1 is 1.00 bits per heavy atom. The molecule has 2 aromatic rings. The van der Waals surface area contributed by atoms with Crippen LogP contribution in [0.2, 0.25) is 0 Å². The molecule has 0 bridgehead atoms. The van der Waals surface area contributed by atoms with Gasteiger partial charge in [-0.15, -0.1) is 0 Å². The number of ether oxygens (including phenoxy) is 1. The molecule has 2 aliphatic heterocycles. The first kappa shape index (κ1) is 34.7. The topological polar surface area (TPSA) is 160 Å². The van der Waals surface area contributed by atoms with Gasteiger partial charge in [0.25, 0.3) is 0 Å². The van der Waals surface area contributed by atoms with Crippen LogP contribution in [0.3, 0.4) is 0 Å². The lowest BCUT2D eigenvalue weighted by Gasteiger charge is -2.39. The van der Waals surface area contributed by atoms with Gasteiger partial charge in [0.2, 0.25) is 23.6 Å². The van der Waals surface area contributed by atoms with E-state index in [0.717, 1.165) is 29.3 Å². The van der Waals surface area contributed by atoms with Crippen LogP contribution in [0.15, 0.2) is 30.5 Å². The van der Waals surface area contributed by atoms with E-state index in [1.807, 2.05) is 38.1 Å². The number of methoxy groups -OCH3 is 1. The number of nitrogens with zero attached hydrogens (tertiary/aromatic N) is 2. The Morgan fingerprint density at radius 2 is 1.74 bits per heavy atom. The van der Waals surface area contributed by atoms with Crippen LogP contribution in [-0.2, 0) is 35.1 Å². The van der Waals surface area contributed by atoms with E-state index >= 15 is 0 Å². The van der Waals surface area contributed by atoms with Crippen LogP contribution in [0.4, 0.5) is 0 Å². The highest BCUT2D eigenvalue weighted by Crippen LogP contribution is 2.24. The minimum absolute atomic E-state index is 0.0800. The normalized spacial score (nSPS) is 23.3. The minimum atomic E-state index is -1.03. The van der Waals surface area contributed by atoms with Gasteiger partial charge in [-0.3, -0.25) is 24.0 Å². The Labute approximate surface area is 270 Å². The van der Waals surface area contributed by atoms with Gasteiger partial charge in [0.05, 0.1) is 19.2 Å². The molecule has 5 atom stereocenters. The molecule has 252 valence electrons. The van der Waals surface area contributed by atoms with E-state index in [1.54, 1.807) is 22.9 Å². The Bertz CT molecular complexity index is 1390. The highest BCUT2D eigenvalue weighted by Gasteiger charge is 2.40. The summed E-state index contributed by atoms with van der Waals surface area (Å²) in [4.78, 5) is 74.2. The van der Waals surface area contributed by atoms with E-state index in [2.05, 4.69) is 26.0 Å². The molecule has 0 radical (unpaired) electrons. The van der Waals surface area contributed by atoms with Crippen LogP contribution in [-0.4, -0.2) is 97.2 Å². The Morgan fingerprint density at radius 3 is 2.48 bits per heavy atom. The lowest BCUT2D eigenvalue weighted by molar-refractivity contribution is -0.147. The molecule has 13 heteroatoms. The molecular formula is C33H48N6O7. The fourth-order valence-electron chi connectivity index (χ4n) is 6.21. The van der Waals surface area contributed by atoms with E-state index in [-0.39, 0.29) is 36.7 Å². The van der Waals surface area contributed by atoms with Gasteiger partial charge in [0, 0.05) is 24.5 Å². The molecule has 4 N–H and O–H groups in total. The van der Waals surface area contributed by atoms with Crippen molar-refractivity contribution in [3.63, 3.8) is 0 Å². The van der Waals surface area contributed by atoms with Crippen LogP contribution < -0.4 is 26.1 Å². The maximum atomic E-state index is 14.0. The number of unbranched alkanes of at least 4 members (excludes halogenated alkanes) is 1. The van der Waals surface area contributed by atoms with Crippen molar-refractivity contribution in [3.8, 4) is 0 Å². The van der Waals surface area contributed by atoms with Gasteiger partial charge in [-0.05, 0) is 62.6 Å². The summed E-state index contributed by atoms with van der Waals surface area (Å²) in [6.07, 6.45) is 6.10. The van der Waals surface area contributed by atoms with Crippen molar-refractivity contribution < 1.29 is 33.5 Å². The van der Waals surface area contributed by atoms with Gasteiger partial charge < -0.3 is 35.7 Å². The first-order valence-electron chi connectivity index (χ1n) is 16.3. The van der Waals surface area contributed by atoms with Crippen molar-refractivity contribution in [2.75, 3.05) is 33.9 Å². The van der Waals surface area contributed by atoms with Crippen LogP contribution in [0, 0.1) is 5.92 Å². The summed E-state index contributed by atoms with van der Waals surface area (Å²) in [5.74, 6) is -2.15. The van der Waals surface area contributed by atoms with Crippen molar-refractivity contribution in [1.82, 2.24) is 30.9 Å². The second-order valence-corrected chi connectivity index (χ2v) is 12.2. The number of aromatic nitrogens is 1. The molecule has 0 aliphatic carbocycles. The fraction of sp³-hybridized carbons (Fsp3) is 0.606. The average molecular weight is 641 g/mol. The van der Waals surface area contributed by atoms with E-state index in [0.29, 0.717) is 45.2 Å². The van der Waals surface area contributed by atoms with Crippen LogP contribution in [0.25, 0.3) is 10.9 Å². The summed E-state index contributed by atoms with van der Waals surface area (Å²) in [5, 5.41) is 12.7. The fourth-order valence-corrected chi connectivity index (χ4v) is 6.21. The second-order valence-electron chi connectivity index (χ2n) is 12.2. The molecule has 46 heavy (non-hydrogen) atoms. The zero-order valence-corrected chi connectivity index (χ0v) is 27.3. The summed E-state index contributed by atoms with van der Waals surface area (Å²) < 4.78 is 6.25. The molecule has 3 heterocycles. The zero-order chi connectivity index (χ0) is 33.2. The number of nitrogens with one attached hydrogen (secondary N) is 4. The van der Waals surface area contributed by atoms with Crippen molar-refractivity contribution >= 4 is 40.5 Å². The van der Waals surface area contributed by atoms with Gasteiger partial charge in [0.1, 0.15) is 31.3 Å². The largest absolute Gasteiger partial charge is 0.468 e. The molecule has 0 saturated carbocycles. The maximum absolute atomic E-state index is 14.0. The Hall–Kier alpha value is -4.13. The number of hydrogen-bond acceptors (Lipinski definition) is 8. The number of amides is 4. The zero-order valence-electron chi connectivity index (χ0n) is 27.3. The highest BCUT2D eigenvalue weighted by atomic mass is 16.6. The summed E-state index contributed by atoms with van der Waals surface area (Å²) in [6.45, 7) is 4.87. The Balaban J connectivity index is 1.63. The third-order valence-electron chi connectivity index (χ3n) is 9.11. The van der Waals surface area contributed by atoms with E-state index in [4.69, 9.17) is 4.84 Å². The van der Waals surface area contributed by atoms with Gasteiger partial charge in [-0.25, -0.2) is 0 Å². The molecule has 4 rings (SSSR count). The number of piperidine rings is 1. The van der Waals surface area contributed by atoms with E-state index in [1.165, 1.54) is 7.11 Å². The van der Waals surface area contributed by atoms with Crippen LogP contribution in [0.5, 0.6) is 0 Å². The smallest absolute Gasteiger partial charge is 0.319 e. The average Bonchev–Trinajstić information content (AvgIpc) is 3.43. The van der Waals surface area contributed by atoms with Crippen molar-refractivity contribution in [3.05, 3.63) is 36.0 Å². The summed E-state index contributed by atoms with van der Waals surface area (Å²) in [5.41, 5.74) is 1.60. The van der Waals surface area contributed by atoms with Crippen molar-refractivity contribution in [2.24, 2.45) is 5.92 Å². The molecule has 1 aromatic heterocycles. The lowest BCUT2D eigenvalue weighted by Crippen LogP contribution is -2.64. The monoisotopic (exact) mass is 640 g/mol. The van der Waals surface area contributed by atoms with Gasteiger partial charge in [-0.2, -0.15) is 4.73 Å². The standard InChI is InChI=1S/C33H48N6O7/c1-5-21(2)29-33(44)38-17-11-9-15-27(38)32(43)35-24(13-8-10-16-34-19-28(40)45-3)30(41)36-25(31(42)37-29)18-22-20-39(46-4)26-14-7-6-12-23(22)26/h6-7,12,14,20-21,24-25,27,29,34H,5,8-11,13,15-19H2,1-4H3,(H,35,43)(H,36,41)(H,37,42)/t21?,24-,25?,27+,29-/m0/s1. The number of carbonyl (C=O) groups is 5. The predicted octanol–water partition coefficient (Wildman–Crippen LogP) is 1.07. The SMILES string of the molecule is CCC(C)[C@@H]1NC(=O)C(Cc2cn(OC)c3ccccc23)NC(=O)[C@H](CCCCNCC(=O)OC)NC(=O)[C@H]2CCCCN2C1=O. The first-order chi connectivity index (χ1) is 22.2. The molecule has 2 fully saturated rings. The third kappa shape index (κ3) is 8.36. The molecule has 4 amide bonds. The van der Waals surface area contributed by atoms with Gasteiger partial charge >= 0.3 is 5.97 Å². The van der Waals surface area contributed by atoms with E-state index in [9.17, 15) is 24.0 Å². The molecule has 0 spiro atoms. The second kappa shape index (κ2) is 16.4. The number of rotatable bonds is 12. The molecule has 2 unspecified atom stereocenters. The highest BCUT2D eigenvalue weighted by molar-refractivity contribution is 5.98. The molecule has 2 saturated heterocycles. The number of para-hydroxylation sites is 1. The number of esters is 1. The predicted molar refractivity (Wildman–Crippen MR) is 171 cm³/mol. The molecule has 13 nitrogen and oxygen atoms in total. The van der Waals surface area contributed by atoms with E-state index < -0.39 is 36.0 Å². The molecule has 1 aromatic carbocycles. The van der Waals surface area contributed by atoms with Gasteiger partial charge in [0.15, 0.2) is 0 Å². The van der Waals surface area contributed by atoms with Gasteiger partial charge in [-0.1, -0.05) is 38.5 Å². The summed E-state index contributed by atoms with van der Waals surface area (Å²) in [6, 6.07) is 4.09. The number of fused-ring (bicyclic) bond motifs is 2. The number of carbonyl (C=O) groups excluding carboxylic acids is 5. The molecule has 2 aliphatic rings. The maximum Gasteiger partial charge on any atom is 0.319 e. The Kier molecular flexibility index (Phi) is 12.4. The quantitative estimate of drug-likeness (QED) is 0.198.